The van der Waals surface area contributed by atoms with E-state index in [-0.39, 0.29) is 17.2 Å². The zero-order valence-electron chi connectivity index (χ0n) is 11.1. The number of amides is 1. The summed E-state index contributed by atoms with van der Waals surface area (Å²) in [6.07, 6.45) is 0. The second-order valence-electron chi connectivity index (χ2n) is 4.47. The van der Waals surface area contributed by atoms with Crippen molar-refractivity contribution < 1.29 is 14.3 Å². The number of rotatable bonds is 3. The summed E-state index contributed by atoms with van der Waals surface area (Å²) < 4.78 is 10.9. The average Bonchev–Trinajstić information content (AvgIpc) is 2.53. The summed E-state index contributed by atoms with van der Waals surface area (Å²) in [4.78, 5) is 22.8. The van der Waals surface area contributed by atoms with Gasteiger partial charge >= 0.3 is 0 Å². The minimum Gasteiger partial charge on any atom is -0.486 e. The van der Waals surface area contributed by atoms with Crippen LogP contribution in [0.1, 0.15) is 16.1 Å². The molecule has 1 aliphatic heterocycles. The molecule has 0 saturated carbocycles. The molecule has 0 aliphatic carbocycles. The monoisotopic (exact) mass is 287 g/mol. The van der Waals surface area contributed by atoms with Gasteiger partial charge in [0, 0.05) is 12.6 Å². The number of hydrogen-bond donors (Lipinski definition) is 2. The SMILES string of the molecule is O=C(NCc1ccc2c(c1)OCCO2)c1ccc(=O)[nH]n1. The molecule has 0 radical (unpaired) electrons. The van der Waals surface area contributed by atoms with E-state index in [1.807, 2.05) is 18.2 Å². The van der Waals surface area contributed by atoms with E-state index in [1.165, 1.54) is 12.1 Å². The number of nitrogens with zero attached hydrogens (tertiary/aromatic N) is 1. The van der Waals surface area contributed by atoms with Crippen LogP contribution in [0.15, 0.2) is 35.1 Å². The Hall–Kier alpha value is -2.83. The van der Waals surface area contributed by atoms with Crippen LogP contribution in [-0.4, -0.2) is 29.3 Å². The van der Waals surface area contributed by atoms with Crippen LogP contribution in [-0.2, 0) is 6.54 Å². The second kappa shape index (κ2) is 5.66. The highest BCUT2D eigenvalue weighted by Gasteiger charge is 2.12. The van der Waals surface area contributed by atoms with Gasteiger partial charge in [0.2, 0.25) is 0 Å². The van der Waals surface area contributed by atoms with Crippen LogP contribution in [0.2, 0.25) is 0 Å². The van der Waals surface area contributed by atoms with Gasteiger partial charge in [0.25, 0.3) is 11.5 Å². The molecule has 0 unspecified atom stereocenters. The summed E-state index contributed by atoms with van der Waals surface area (Å²) in [6.45, 7) is 1.39. The van der Waals surface area contributed by atoms with E-state index >= 15 is 0 Å². The number of nitrogens with one attached hydrogen (secondary N) is 2. The average molecular weight is 287 g/mol. The van der Waals surface area contributed by atoms with Crippen molar-refractivity contribution in [3.63, 3.8) is 0 Å². The van der Waals surface area contributed by atoms with Crippen molar-refractivity contribution in [1.29, 1.82) is 0 Å². The molecule has 3 rings (SSSR count). The van der Waals surface area contributed by atoms with Crippen molar-refractivity contribution in [1.82, 2.24) is 15.5 Å². The predicted octanol–water partition coefficient (Wildman–Crippen LogP) is 0.471. The number of benzene rings is 1. The quantitative estimate of drug-likeness (QED) is 0.856. The highest BCUT2D eigenvalue weighted by molar-refractivity contribution is 5.91. The van der Waals surface area contributed by atoms with Crippen LogP contribution in [0, 0.1) is 0 Å². The molecule has 1 amide bonds. The van der Waals surface area contributed by atoms with Crippen molar-refractivity contribution >= 4 is 5.91 Å². The first-order chi connectivity index (χ1) is 10.2. The van der Waals surface area contributed by atoms with Gasteiger partial charge in [0.1, 0.15) is 18.9 Å². The largest absolute Gasteiger partial charge is 0.486 e. The molecule has 2 heterocycles. The fourth-order valence-electron chi connectivity index (χ4n) is 1.94. The van der Waals surface area contributed by atoms with Crippen LogP contribution in [0.25, 0.3) is 0 Å². The number of aromatic amines is 1. The van der Waals surface area contributed by atoms with Crippen molar-refractivity contribution in [3.8, 4) is 11.5 Å². The third-order valence-electron chi connectivity index (χ3n) is 2.97. The van der Waals surface area contributed by atoms with E-state index < -0.39 is 0 Å². The lowest BCUT2D eigenvalue weighted by molar-refractivity contribution is 0.0944. The van der Waals surface area contributed by atoms with Crippen molar-refractivity contribution in [3.05, 3.63) is 51.9 Å². The van der Waals surface area contributed by atoms with Gasteiger partial charge in [-0.05, 0) is 23.8 Å². The number of aromatic nitrogens is 2. The Morgan fingerprint density at radius 2 is 2.00 bits per heavy atom. The Morgan fingerprint density at radius 3 is 2.76 bits per heavy atom. The molecule has 2 N–H and O–H groups in total. The molecule has 1 aromatic carbocycles. The van der Waals surface area contributed by atoms with Crippen molar-refractivity contribution in [2.24, 2.45) is 0 Å². The fraction of sp³-hybridized carbons (Fsp3) is 0.214. The molecular weight excluding hydrogens is 274 g/mol. The molecule has 0 spiro atoms. The molecule has 0 atom stereocenters. The van der Waals surface area contributed by atoms with E-state index in [0.717, 1.165) is 5.56 Å². The standard InChI is InChI=1S/C14H13N3O4/c18-13-4-2-10(16-17-13)14(19)15-8-9-1-3-11-12(7-9)21-6-5-20-11/h1-4,7H,5-6,8H2,(H,15,19)(H,17,18). The lowest BCUT2D eigenvalue weighted by Crippen LogP contribution is -2.25. The molecule has 21 heavy (non-hydrogen) atoms. The topological polar surface area (TPSA) is 93.3 Å². The van der Waals surface area contributed by atoms with Crippen LogP contribution in [0.3, 0.4) is 0 Å². The van der Waals surface area contributed by atoms with E-state index in [4.69, 9.17) is 9.47 Å². The van der Waals surface area contributed by atoms with E-state index in [1.54, 1.807) is 0 Å². The number of carbonyl (C=O) groups excluding carboxylic acids is 1. The van der Waals surface area contributed by atoms with Crippen molar-refractivity contribution in [2.45, 2.75) is 6.54 Å². The van der Waals surface area contributed by atoms with E-state index in [2.05, 4.69) is 15.5 Å². The van der Waals surface area contributed by atoms with Crippen LogP contribution in [0.5, 0.6) is 11.5 Å². The summed E-state index contributed by atoms with van der Waals surface area (Å²) in [5.74, 6) is 1.02. The third kappa shape index (κ3) is 3.02. The Bertz CT molecular complexity index is 706. The van der Waals surface area contributed by atoms with Crippen LogP contribution in [0.4, 0.5) is 0 Å². The second-order valence-corrected chi connectivity index (χ2v) is 4.47. The lowest BCUT2D eigenvalue weighted by Gasteiger charge is -2.18. The minimum atomic E-state index is -0.360. The van der Waals surface area contributed by atoms with Crippen LogP contribution >= 0.6 is 0 Å². The third-order valence-corrected chi connectivity index (χ3v) is 2.97. The maximum absolute atomic E-state index is 11.9. The molecule has 1 aliphatic rings. The van der Waals surface area contributed by atoms with Gasteiger partial charge in [-0.15, -0.1) is 0 Å². The summed E-state index contributed by atoms with van der Waals surface area (Å²) in [5.41, 5.74) is 0.697. The van der Waals surface area contributed by atoms with Gasteiger partial charge in [0.15, 0.2) is 11.5 Å². The number of H-pyrrole nitrogens is 1. The number of fused-ring (bicyclic) bond motifs is 1. The van der Waals surface area contributed by atoms with Gasteiger partial charge in [-0.25, -0.2) is 5.10 Å². The van der Waals surface area contributed by atoms with Gasteiger partial charge in [-0.3, -0.25) is 9.59 Å². The van der Waals surface area contributed by atoms with Gasteiger partial charge in [-0.2, -0.15) is 5.10 Å². The Kier molecular flexibility index (Phi) is 3.55. The molecule has 0 saturated heterocycles. The maximum atomic E-state index is 11.9. The molecular formula is C14H13N3O4. The van der Waals surface area contributed by atoms with Crippen molar-refractivity contribution in [2.75, 3.05) is 13.2 Å². The number of hydrogen-bond acceptors (Lipinski definition) is 5. The smallest absolute Gasteiger partial charge is 0.271 e. The summed E-state index contributed by atoms with van der Waals surface area (Å²) >= 11 is 0. The predicted molar refractivity (Wildman–Crippen MR) is 73.5 cm³/mol. The number of carbonyl (C=O) groups is 1. The normalized spacial score (nSPS) is 12.8. The highest BCUT2D eigenvalue weighted by Crippen LogP contribution is 2.30. The van der Waals surface area contributed by atoms with Gasteiger partial charge in [0.05, 0.1) is 0 Å². The molecule has 7 nitrogen and oxygen atoms in total. The zero-order chi connectivity index (χ0) is 14.7. The summed E-state index contributed by atoms with van der Waals surface area (Å²) in [6, 6.07) is 8.13. The Morgan fingerprint density at radius 1 is 1.19 bits per heavy atom. The fourth-order valence-corrected chi connectivity index (χ4v) is 1.94. The summed E-state index contributed by atoms with van der Waals surface area (Å²) in [5, 5.41) is 8.61. The summed E-state index contributed by atoms with van der Waals surface area (Å²) in [7, 11) is 0. The van der Waals surface area contributed by atoms with E-state index in [0.29, 0.717) is 31.3 Å². The minimum absolute atomic E-state index is 0.159. The van der Waals surface area contributed by atoms with Crippen LogP contribution < -0.4 is 20.3 Å². The number of ether oxygens (including phenoxy) is 2. The van der Waals surface area contributed by atoms with E-state index in [9.17, 15) is 9.59 Å². The van der Waals surface area contributed by atoms with Gasteiger partial charge in [-0.1, -0.05) is 6.07 Å². The maximum Gasteiger partial charge on any atom is 0.271 e. The Balaban J connectivity index is 1.66. The zero-order valence-corrected chi connectivity index (χ0v) is 11.1. The molecule has 1 aromatic heterocycles. The lowest BCUT2D eigenvalue weighted by atomic mass is 10.2. The van der Waals surface area contributed by atoms with Gasteiger partial charge < -0.3 is 14.8 Å². The first-order valence-electron chi connectivity index (χ1n) is 6.45. The molecule has 7 heteroatoms. The molecule has 2 aromatic rings. The Labute approximate surface area is 119 Å². The first kappa shape index (κ1) is 13.2. The molecule has 108 valence electrons. The molecule has 0 bridgehead atoms. The first-order valence-corrected chi connectivity index (χ1v) is 6.45. The molecule has 0 fully saturated rings. The highest BCUT2D eigenvalue weighted by atomic mass is 16.6.